The van der Waals surface area contributed by atoms with Gasteiger partial charge in [0, 0.05) is 13.0 Å². The lowest BCUT2D eigenvalue weighted by Crippen LogP contribution is -2.36. The minimum Gasteiger partial charge on any atom is -0.492 e. The second kappa shape index (κ2) is 8.34. The number of likely N-dealkylation sites (tertiary alicyclic amines) is 1. The summed E-state index contributed by atoms with van der Waals surface area (Å²) in [5.41, 5.74) is 1.16. The fraction of sp³-hybridized carbons (Fsp3) is 0.550. The number of hydrogen-bond acceptors (Lipinski definition) is 4. The molecule has 1 aliphatic heterocycles. The third kappa shape index (κ3) is 4.23. The van der Waals surface area contributed by atoms with E-state index in [4.69, 9.17) is 4.74 Å². The van der Waals surface area contributed by atoms with Gasteiger partial charge in [0.05, 0.1) is 18.4 Å². The Morgan fingerprint density at radius 2 is 1.73 bits per heavy atom. The largest absolute Gasteiger partial charge is 0.492 e. The van der Waals surface area contributed by atoms with Crippen LogP contribution in [0.5, 0.6) is 5.75 Å². The van der Waals surface area contributed by atoms with Gasteiger partial charge in [-0.15, -0.1) is 0 Å². The molecule has 1 aromatic carbocycles. The fourth-order valence-corrected chi connectivity index (χ4v) is 3.75. The summed E-state index contributed by atoms with van der Waals surface area (Å²) in [7, 11) is 0. The second-order valence-electron chi connectivity index (χ2n) is 7.09. The van der Waals surface area contributed by atoms with Crippen LogP contribution >= 0.6 is 0 Å². The maximum atomic E-state index is 12.4. The number of ether oxygens (including phenoxy) is 1. The van der Waals surface area contributed by atoms with Gasteiger partial charge >= 0.3 is 0 Å². The Balaban J connectivity index is 1.37. The number of nitrogens with zero attached hydrogens (tertiary/aromatic N) is 1. The van der Waals surface area contributed by atoms with Crippen LogP contribution in [0.2, 0.25) is 0 Å². The lowest BCUT2D eigenvalue weighted by Gasteiger charge is -2.19. The molecule has 1 N–H and O–H groups in total. The van der Waals surface area contributed by atoms with Gasteiger partial charge in [0.15, 0.2) is 0 Å². The van der Waals surface area contributed by atoms with Crippen molar-refractivity contribution in [3.63, 3.8) is 0 Å². The first-order chi connectivity index (χ1) is 12.6. The van der Waals surface area contributed by atoms with Crippen molar-refractivity contribution < 1.29 is 19.1 Å². The SMILES string of the molecule is Cc1ccc(OCCNC(=O)CCN2C(=O)[C@H]3CCCC[C@H]3C2=O)cc1. The number of carbonyl (C=O) groups is 3. The highest BCUT2D eigenvalue weighted by molar-refractivity contribution is 6.05. The van der Waals surface area contributed by atoms with Gasteiger partial charge in [-0.3, -0.25) is 19.3 Å². The van der Waals surface area contributed by atoms with Crippen molar-refractivity contribution >= 4 is 17.7 Å². The molecular formula is C20H26N2O4. The molecule has 26 heavy (non-hydrogen) atoms. The predicted molar refractivity (Wildman–Crippen MR) is 96.5 cm³/mol. The monoisotopic (exact) mass is 358 g/mol. The van der Waals surface area contributed by atoms with Crippen LogP contribution in [0, 0.1) is 18.8 Å². The molecule has 3 amide bonds. The molecule has 0 spiro atoms. The zero-order valence-electron chi connectivity index (χ0n) is 15.2. The highest BCUT2D eigenvalue weighted by atomic mass is 16.5. The van der Waals surface area contributed by atoms with E-state index >= 15 is 0 Å². The van der Waals surface area contributed by atoms with E-state index in [1.54, 1.807) is 0 Å². The average Bonchev–Trinajstić information content (AvgIpc) is 2.89. The first-order valence-corrected chi connectivity index (χ1v) is 9.37. The number of hydrogen-bond donors (Lipinski definition) is 1. The van der Waals surface area contributed by atoms with Crippen molar-refractivity contribution in [3.05, 3.63) is 29.8 Å². The van der Waals surface area contributed by atoms with Gasteiger partial charge in [-0.05, 0) is 31.9 Å². The van der Waals surface area contributed by atoms with Crippen molar-refractivity contribution in [2.24, 2.45) is 11.8 Å². The smallest absolute Gasteiger partial charge is 0.233 e. The van der Waals surface area contributed by atoms with Crippen LogP contribution in [-0.4, -0.2) is 42.3 Å². The number of imide groups is 1. The molecule has 1 heterocycles. The lowest BCUT2D eigenvalue weighted by atomic mass is 9.81. The molecule has 1 aromatic rings. The number of nitrogens with one attached hydrogen (secondary N) is 1. The quantitative estimate of drug-likeness (QED) is 0.598. The molecule has 6 heteroatoms. The summed E-state index contributed by atoms with van der Waals surface area (Å²) in [5, 5.41) is 2.77. The van der Waals surface area contributed by atoms with Crippen molar-refractivity contribution in [2.45, 2.75) is 39.0 Å². The van der Waals surface area contributed by atoms with E-state index in [9.17, 15) is 14.4 Å². The molecule has 2 atom stereocenters. The van der Waals surface area contributed by atoms with Gasteiger partial charge in [0.2, 0.25) is 17.7 Å². The Labute approximate surface area is 153 Å². The molecule has 3 rings (SSSR count). The van der Waals surface area contributed by atoms with E-state index in [0.717, 1.165) is 37.0 Å². The molecular weight excluding hydrogens is 332 g/mol. The number of benzene rings is 1. The summed E-state index contributed by atoms with van der Waals surface area (Å²) in [4.78, 5) is 38.0. The number of carbonyl (C=O) groups excluding carboxylic acids is 3. The molecule has 2 aliphatic rings. The molecule has 1 saturated carbocycles. The van der Waals surface area contributed by atoms with Gasteiger partial charge < -0.3 is 10.1 Å². The summed E-state index contributed by atoms with van der Waals surface area (Å²) in [6.45, 7) is 2.95. The molecule has 2 fully saturated rings. The molecule has 6 nitrogen and oxygen atoms in total. The number of rotatable bonds is 7. The van der Waals surface area contributed by atoms with Gasteiger partial charge in [-0.1, -0.05) is 30.5 Å². The Morgan fingerprint density at radius 1 is 1.12 bits per heavy atom. The van der Waals surface area contributed by atoms with Crippen LogP contribution in [0.25, 0.3) is 0 Å². The van der Waals surface area contributed by atoms with E-state index in [1.165, 1.54) is 4.90 Å². The van der Waals surface area contributed by atoms with E-state index in [1.807, 2.05) is 31.2 Å². The molecule has 1 saturated heterocycles. The van der Waals surface area contributed by atoms with Crippen molar-refractivity contribution in [3.8, 4) is 5.75 Å². The molecule has 1 aliphatic carbocycles. The van der Waals surface area contributed by atoms with Gasteiger partial charge in [0.25, 0.3) is 0 Å². The van der Waals surface area contributed by atoms with Crippen molar-refractivity contribution in [1.29, 1.82) is 0 Å². The average molecular weight is 358 g/mol. The zero-order chi connectivity index (χ0) is 18.5. The maximum absolute atomic E-state index is 12.4. The highest BCUT2D eigenvalue weighted by Crippen LogP contribution is 2.37. The molecule has 0 unspecified atom stereocenters. The van der Waals surface area contributed by atoms with Crippen LogP contribution in [0.1, 0.15) is 37.7 Å². The summed E-state index contributed by atoms with van der Waals surface area (Å²) >= 11 is 0. The van der Waals surface area contributed by atoms with E-state index in [-0.39, 0.29) is 42.5 Å². The Morgan fingerprint density at radius 3 is 2.35 bits per heavy atom. The van der Waals surface area contributed by atoms with Gasteiger partial charge in [-0.2, -0.15) is 0 Å². The zero-order valence-corrected chi connectivity index (χ0v) is 15.2. The molecule has 0 bridgehead atoms. The number of aryl methyl sites for hydroxylation is 1. The normalized spacial score (nSPS) is 22.3. The minimum atomic E-state index is -0.173. The lowest BCUT2D eigenvalue weighted by molar-refractivity contribution is -0.140. The molecule has 0 aromatic heterocycles. The summed E-state index contributed by atoms with van der Waals surface area (Å²) in [5.74, 6) is 0.114. The Hall–Kier alpha value is -2.37. The number of amides is 3. The Bertz CT molecular complexity index is 647. The third-order valence-corrected chi connectivity index (χ3v) is 5.21. The third-order valence-electron chi connectivity index (χ3n) is 5.21. The van der Waals surface area contributed by atoms with Crippen LogP contribution in [0.3, 0.4) is 0 Å². The maximum Gasteiger partial charge on any atom is 0.233 e. The topological polar surface area (TPSA) is 75.7 Å². The summed E-state index contributed by atoms with van der Waals surface area (Å²) < 4.78 is 5.55. The van der Waals surface area contributed by atoms with Crippen LogP contribution in [0.15, 0.2) is 24.3 Å². The van der Waals surface area contributed by atoms with E-state index in [2.05, 4.69) is 5.32 Å². The van der Waals surface area contributed by atoms with Crippen LogP contribution in [0.4, 0.5) is 0 Å². The summed E-state index contributed by atoms with van der Waals surface area (Å²) in [6.07, 6.45) is 3.76. The number of fused-ring (bicyclic) bond motifs is 1. The van der Waals surface area contributed by atoms with E-state index in [0.29, 0.717) is 13.2 Å². The predicted octanol–water partition coefficient (Wildman–Crippen LogP) is 2.06. The van der Waals surface area contributed by atoms with Crippen molar-refractivity contribution in [2.75, 3.05) is 19.7 Å². The van der Waals surface area contributed by atoms with Crippen molar-refractivity contribution in [1.82, 2.24) is 10.2 Å². The first-order valence-electron chi connectivity index (χ1n) is 9.37. The molecule has 140 valence electrons. The highest BCUT2D eigenvalue weighted by Gasteiger charge is 2.47. The van der Waals surface area contributed by atoms with E-state index < -0.39 is 0 Å². The summed E-state index contributed by atoms with van der Waals surface area (Å²) in [6, 6.07) is 7.72. The van der Waals surface area contributed by atoms with Gasteiger partial charge in [-0.25, -0.2) is 0 Å². The standard InChI is InChI=1S/C20H26N2O4/c1-14-6-8-15(9-7-14)26-13-11-21-18(23)10-12-22-19(24)16-4-2-3-5-17(16)20(22)25/h6-9,16-17H,2-5,10-13H2,1H3,(H,21,23)/t16-,17+. The fourth-order valence-electron chi connectivity index (χ4n) is 3.75. The Kier molecular flexibility index (Phi) is 5.91. The van der Waals surface area contributed by atoms with Crippen LogP contribution < -0.4 is 10.1 Å². The van der Waals surface area contributed by atoms with Crippen LogP contribution in [-0.2, 0) is 14.4 Å². The van der Waals surface area contributed by atoms with Gasteiger partial charge in [0.1, 0.15) is 12.4 Å². The minimum absolute atomic E-state index is 0.0878. The molecule has 0 radical (unpaired) electrons. The second-order valence-corrected chi connectivity index (χ2v) is 7.09. The first kappa shape index (κ1) is 18.4.